The maximum Gasteiger partial charge on any atom is 0.425 e. The third kappa shape index (κ3) is 2.43. The quantitative estimate of drug-likeness (QED) is 0.701. The molecule has 1 aromatic carbocycles. The van der Waals surface area contributed by atoms with E-state index in [-0.39, 0.29) is 12.6 Å². The van der Waals surface area contributed by atoms with E-state index in [0.717, 1.165) is 10.9 Å². The predicted octanol–water partition coefficient (Wildman–Crippen LogP) is 1.36. The number of amides is 1. The highest BCUT2D eigenvalue weighted by molar-refractivity contribution is 5.91. The number of benzene rings is 1. The second kappa shape index (κ2) is 5.72. The summed E-state index contributed by atoms with van der Waals surface area (Å²) in [7, 11) is 1.48. The molecule has 3 aromatic rings. The molecule has 0 fully saturated rings. The Balaban J connectivity index is 2.05. The molecule has 1 amide bonds. The lowest BCUT2D eigenvalue weighted by Gasteiger charge is -2.10. The number of ether oxygens (including phenoxy) is 2. The summed E-state index contributed by atoms with van der Waals surface area (Å²) in [5, 5.41) is 4.97. The van der Waals surface area contributed by atoms with Gasteiger partial charge in [-0.15, -0.1) is 5.10 Å². The molecule has 22 heavy (non-hydrogen) atoms. The van der Waals surface area contributed by atoms with Crippen LogP contribution < -0.4 is 15.6 Å². The van der Waals surface area contributed by atoms with E-state index in [0.29, 0.717) is 11.6 Å². The summed E-state index contributed by atoms with van der Waals surface area (Å²) in [4.78, 5) is 19.9. The van der Waals surface area contributed by atoms with Crippen molar-refractivity contribution in [1.29, 1.82) is 0 Å². The molecule has 9 heteroatoms. The van der Waals surface area contributed by atoms with Gasteiger partial charge < -0.3 is 9.47 Å². The minimum absolute atomic E-state index is 0.216. The molecule has 0 spiro atoms. The van der Waals surface area contributed by atoms with Gasteiger partial charge in [0.15, 0.2) is 5.82 Å². The Morgan fingerprint density at radius 2 is 2.14 bits per heavy atom. The molecular formula is C13H14N6O3. The predicted molar refractivity (Wildman–Crippen MR) is 78.6 cm³/mol. The van der Waals surface area contributed by atoms with Crippen LogP contribution in [0.2, 0.25) is 0 Å². The van der Waals surface area contributed by atoms with Gasteiger partial charge in [0.2, 0.25) is 0 Å². The number of carbonyl (C=O) groups is 1. The van der Waals surface area contributed by atoms with Crippen molar-refractivity contribution in [3.8, 4) is 6.01 Å². The SMILES string of the molecule is CCOC(=O)NNc1nc2nc(OC)nn2c2ccccc12. The van der Waals surface area contributed by atoms with E-state index in [1.54, 1.807) is 11.4 Å². The molecule has 0 unspecified atom stereocenters. The van der Waals surface area contributed by atoms with E-state index in [9.17, 15) is 4.79 Å². The van der Waals surface area contributed by atoms with E-state index in [2.05, 4.69) is 25.9 Å². The topological polar surface area (TPSA) is 103 Å². The Hall–Kier alpha value is -3.10. The first-order valence-corrected chi connectivity index (χ1v) is 6.61. The van der Waals surface area contributed by atoms with Crippen LogP contribution in [0.3, 0.4) is 0 Å². The van der Waals surface area contributed by atoms with Crippen LogP contribution in [-0.4, -0.2) is 39.4 Å². The summed E-state index contributed by atoms with van der Waals surface area (Å²) in [6.45, 7) is 2.00. The number of rotatable bonds is 4. The van der Waals surface area contributed by atoms with E-state index < -0.39 is 6.09 Å². The van der Waals surface area contributed by atoms with Gasteiger partial charge in [-0.2, -0.15) is 14.5 Å². The number of nitrogens with one attached hydrogen (secondary N) is 2. The van der Waals surface area contributed by atoms with Crippen molar-refractivity contribution in [2.45, 2.75) is 6.92 Å². The maximum atomic E-state index is 11.4. The van der Waals surface area contributed by atoms with Gasteiger partial charge in [0.25, 0.3) is 5.78 Å². The molecule has 0 atom stereocenters. The number of anilines is 1. The van der Waals surface area contributed by atoms with Crippen molar-refractivity contribution in [2.75, 3.05) is 19.1 Å². The second-order valence-corrected chi connectivity index (χ2v) is 4.26. The van der Waals surface area contributed by atoms with Crippen molar-refractivity contribution in [3.05, 3.63) is 24.3 Å². The molecular weight excluding hydrogens is 288 g/mol. The highest BCUT2D eigenvalue weighted by Gasteiger charge is 2.13. The normalized spacial score (nSPS) is 10.6. The maximum absolute atomic E-state index is 11.4. The Kier molecular flexibility index (Phi) is 3.60. The van der Waals surface area contributed by atoms with Crippen LogP contribution in [0.25, 0.3) is 16.7 Å². The molecule has 114 valence electrons. The van der Waals surface area contributed by atoms with Crippen molar-refractivity contribution in [1.82, 2.24) is 25.0 Å². The largest absolute Gasteiger partial charge is 0.466 e. The number of nitrogens with zero attached hydrogens (tertiary/aromatic N) is 4. The van der Waals surface area contributed by atoms with Crippen LogP contribution in [0, 0.1) is 0 Å². The van der Waals surface area contributed by atoms with Gasteiger partial charge in [-0.3, -0.25) is 5.43 Å². The number of fused-ring (bicyclic) bond motifs is 3. The fourth-order valence-corrected chi connectivity index (χ4v) is 2.00. The molecule has 0 radical (unpaired) electrons. The number of hydrogen-bond donors (Lipinski definition) is 2. The first-order chi connectivity index (χ1) is 10.7. The average Bonchev–Trinajstić information content (AvgIpc) is 2.96. The number of aromatic nitrogens is 4. The summed E-state index contributed by atoms with van der Waals surface area (Å²) in [6, 6.07) is 7.67. The summed E-state index contributed by atoms with van der Waals surface area (Å²) in [6.07, 6.45) is -0.590. The third-order valence-electron chi connectivity index (χ3n) is 2.91. The number of methoxy groups -OCH3 is 1. The monoisotopic (exact) mass is 302 g/mol. The lowest BCUT2D eigenvalue weighted by atomic mass is 10.2. The molecule has 0 aliphatic carbocycles. The zero-order chi connectivity index (χ0) is 15.5. The van der Waals surface area contributed by atoms with E-state index in [1.165, 1.54) is 7.11 Å². The zero-order valence-corrected chi connectivity index (χ0v) is 12.0. The highest BCUT2D eigenvalue weighted by atomic mass is 16.5. The number of para-hydroxylation sites is 1. The van der Waals surface area contributed by atoms with Crippen LogP contribution in [0.4, 0.5) is 10.6 Å². The second-order valence-electron chi connectivity index (χ2n) is 4.26. The molecule has 0 saturated carbocycles. The zero-order valence-electron chi connectivity index (χ0n) is 12.0. The van der Waals surface area contributed by atoms with E-state index in [4.69, 9.17) is 9.47 Å². The number of hydrazine groups is 1. The summed E-state index contributed by atoms with van der Waals surface area (Å²) in [5.41, 5.74) is 5.92. The lowest BCUT2D eigenvalue weighted by Crippen LogP contribution is -2.30. The Morgan fingerprint density at radius 1 is 1.32 bits per heavy atom. The molecule has 3 rings (SSSR count). The molecule has 2 heterocycles. The number of carbonyl (C=O) groups excluding carboxylic acids is 1. The highest BCUT2D eigenvalue weighted by Crippen LogP contribution is 2.22. The molecule has 0 bridgehead atoms. The van der Waals surface area contributed by atoms with Gasteiger partial charge in [0.1, 0.15) is 0 Å². The smallest absolute Gasteiger partial charge is 0.425 e. The van der Waals surface area contributed by atoms with Gasteiger partial charge in [-0.25, -0.2) is 10.2 Å². The van der Waals surface area contributed by atoms with Gasteiger partial charge in [0.05, 0.1) is 19.2 Å². The fourth-order valence-electron chi connectivity index (χ4n) is 2.00. The standard InChI is InChI=1S/C13H14N6O3/c1-3-22-13(20)17-16-10-8-6-4-5-7-9(8)19-11(14-10)15-12(18-19)21-2/h4-7H,3H2,1-2H3,(H,17,20)(H,14,15,16,18). The third-order valence-corrected chi connectivity index (χ3v) is 2.91. The molecule has 0 aliphatic heterocycles. The van der Waals surface area contributed by atoms with Gasteiger partial charge in [-0.05, 0) is 19.1 Å². The average molecular weight is 302 g/mol. The summed E-state index contributed by atoms with van der Waals surface area (Å²) in [5.74, 6) is 0.787. The summed E-state index contributed by atoms with van der Waals surface area (Å²) >= 11 is 0. The van der Waals surface area contributed by atoms with Crippen LogP contribution in [0.5, 0.6) is 6.01 Å². The van der Waals surface area contributed by atoms with Crippen LogP contribution in [0.1, 0.15) is 6.92 Å². The Morgan fingerprint density at radius 3 is 2.91 bits per heavy atom. The van der Waals surface area contributed by atoms with Crippen molar-refractivity contribution in [2.24, 2.45) is 0 Å². The van der Waals surface area contributed by atoms with Crippen LogP contribution >= 0.6 is 0 Å². The van der Waals surface area contributed by atoms with Crippen LogP contribution in [-0.2, 0) is 4.74 Å². The van der Waals surface area contributed by atoms with Crippen molar-refractivity contribution in [3.63, 3.8) is 0 Å². The van der Waals surface area contributed by atoms with Crippen molar-refractivity contribution < 1.29 is 14.3 Å². The first-order valence-electron chi connectivity index (χ1n) is 6.61. The van der Waals surface area contributed by atoms with Gasteiger partial charge in [0, 0.05) is 5.39 Å². The van der Waals surface area contributed by atoms with Crippen LogP contribution in [0.15, 0.2) is 24.3 Å². The Bertz CT molecular complexity index is 831. The van der Waals surface area contributed by atoms with E-state index >= 15 is 0 Å². The number of hydrogen-bond acceptors (Lipinski definition) is 7. The lowest BCUT2D eigenvalue weighted by molar-refractivity contribution is 0.154. The van der Waals surface area contributed by atoms with Crippen molar-refractivity contribution >= 4 is 28.6 Å². The molecule has 2 N–H and O–H groups in total. The fraction of sp³-hybridized carbons (Fsp3) is 0.231. The minimum Gasteiger partial charge on any atom is -0.466 e. The molecule has 9 nitrogen and oxygen atoms in total. The van der Waals surface area contributed by atoms with Gasteiger partial charge in [-0.1, -0.05) is 12.1 Å². The Labute approximate surface area is 125 Å². The minimum atomic E-state index is -0.590. The summed E-state index contributed by atoms with van der Waals surface area (Å²) < 4.78 is 11.4. The van der Waals surface area contributed by atoms with Gasteiger partial charge >= 0.3 is 12.1 Å². The molecule has 0 aliphatic rings. The van der Waals surface area contributed by atoms with E-state index in [1.807, 2.05) is 24.3 Å². The first kappa shape index (κ1) is 13.9. The molecule has 0 saturated heterocycles. The molecule has 2 aromatic heterocycles.